The van der Waals surface area contributed by atoms with E-state index in [1.54, 1.807) is 18.4 Å². The first-order valence-electron chi connectivity index (χ1n) is 9.03. The standard InChI is InChI=1S/C18H29N3O2S2/c1-23-11-6-10-19-17(22)13-20-18(24)21(14-16-9-5-12-25-16)15-7-3-2-4-8-15/h5,9,12,15H,2-4,6-8,10-11,13-14H2,1H3,(H,19,22)(H,20,24). The first-order valence-corrected chi connectivity index (χ1v) is 10.3. The highest BCUT2D eigenvalue weighted by Crippen LogP contribution is 2.25. The minimum Gasteiger partial charge on any atom is -0.385 e. The van der Waals surface area contributed by atoms with Crippen LogP contribution in [0, 0.1) is 0 Å². The molecule has 1 aliphatic rings. The molecular weight excluding hydrogens is 354 g/mol. The van der Waals surface area contributed by atoms with Gasteiger partial charge in [-0.05, 0) is 42.9 Å². The quantitative estimate of drug-likeness (QED) is 0.507. The van der Waals surface area contributed by atoms with Crippen molar-refractivity contribution in [3.05, 3.63) is 22.4 Å². The Morgan fingerprint density at radius 1 is 1.36 bits per heavy atom. The van der Waals surface area contributed by atoms with E-state index in [9.17, 15) is 4.79 Å². The lowest BCUT2D eigenvalue weighted by molar-refractivity contribution is -0.120. The summed E-state index contributed by atoms with van der Waals surface area (Å²) in [5.41, 5.74) is 0. The maximum Gasteiger partial charge on any atom is 0.239 e. The van der Waals surface area contributed by atoms with E-state index in [4.69, 9.17) is 17.0 Å². The van der Waals surface area contributed by atoms with Gasteiger partial charge >= 0.3 is 0 Å². The van der Waals surface area contributed by atoms with Gasteiger partial charge in [0.1, 0.15) is 0 Å². The molecule has 0 saturated heterocycles. The normalized spacial score (nSPS) is 14.9. The molecule has 0 radical (unpaired) electrons. The van der Waals surface area contributed by atoms with Crippen LogP contribution >= 0.6 is 23.6 Å². The van der Waals surface area contributed by atoms with Crippen LogP contribution in [0.2, 0.25) is 0 Å². The summed E-state index contributed by atoms with van der Waals surface area (Å²) < 4.78 is 4.98. The van der Waals surface area contributed by atoms with E-state index in [-0.39, 0.29) is 12.5 Å². The van der Waals surface area contributed by atoms with E-state index < -0.39 is 0 Å². The summed E-state index contributed by atoms with van der Waals surface area (Å²) in [7, 11) is 1.66. The van der Waals surface area contributed by atoms with Crippen molar-refractivity contribution in [2.45, 2.75) is 51.1 Å². The number of thiophene rings is 1. The van der Waals surface area contributed by atoms with Gasteiger partial charge in [-0.15, -0.1) is 11.3 Å². The van der Waals surface area contributed by atoms with Crippen LogP contribution in [0.5, 0.6) is 0 Å². The number of nitrogens with zero attached hydrogens (tertiary/aromatic N) is 1. The topological polar surface area (TPSA) is 53.6 Å². The molecule has 0 spiro atoms. The molecule has 0 aromatic carbocycles. The third-order valence-corrected chi connectivity index (χ3v) is 5.67. The van der Waals surface area contributed by atoms with Crippen molar-refractivity contribution in [2.75, 3.05) is 26.8 Å². The molecule has 2 rings (SSSR count). The number of carbonyl (C=O) groups is 1. The number of hydrogen-bond donors (Lipinski definition) is 2. The SMILES string of the molecule is COCCCNC(=O)CNC(=S)N(Cc1cccs1)C1CCCCC1. The summed E-state index contributed by atoms with van der Waals surface area (Å²) in [6.45, 7) is 2.33. The van der Waals surface area contributed by atoms with Crippen LogP contribution < -0.4 is 10.6 Å². The van der Waals surface area contributed by atoms with Crippen molar-refractivity contribution in [2.24, 2.45) is 0 Å². The number of thiocarbonyl (C=S) groups is 1. The van der Waals surface area contributed by atoms with Gasteiger partial charge in [0.15, 0.2) is 5.11 Å². The Labute approximate surface area is 160 Å². The number of methoxy groups -OCH3 is 1. The zero-order valence-corrected chi connectivity index (χ0v) is 16.6. The predicted molar refractivity (Wildman–Crippen MR) is 107 cm³/mol. The summed E-state index contributed by atoms with van der Waals surface area (Å²) in [5, 5.41) is 8.81. The molecule has 1 saturated carbocycles. The lowest BCUT2D eigenvalue weighted by atomic mass is 9.94. The Morgan fingerprint density at radius 2 is 2.16 bits per heavy atom. The van der Waals surface area contributed by atoms with E-state index in [1.807, 2.05) is 0 Å². The van der Waals surface area contributed by atoms with E-state index in [2.05, 4.69) is 33.0 Å². The Kier molecular flexibility index (Phi) is 9.21. The summed E-state index contributed by atoms with van der Waals surface area (Å²) in [6, 6.07) is 4.69. The van der Waals surface area contributed by atoms with Gasteiger partial charge < -0.3 is 20.3 Å². The number of amides is 1. The molecule has 0 bridgehead atoms. The third kappa shape index (κ3) is 7.30. The van der Waals surface area contributed by atoms with Gasteiger partial charge in [0.25, 0.3) is 0 Å². The molecule has 5 nitrogen and oxygen atoms in total. The fourth-order valence-corrected chi connectivity index (χ4v) is 4.08. The van der Waals surface area contributed by atoms with E-state index in [0.29, 0.717) is 24.3 Å². The minimum absolute atomic E-state index is 0.0295. The van der Waals surface area contributed by atoms with Crippen LogP contribution in [-0.4, -0.2) is 48.8 Å². The molecule has 0 atom stereocenters. The first-order chi connectivity index (χ1) is 12.2. The number of hydrogen-bond acceptors (Lipinski definition) is 4. The fraction of sp³-hybridized carbons (Fsp3) is 0.667. The zero-order valence-electron chi connectivity index (χ0n) is 15.0. The Morgan fingerprint density at radius 3 is 2.84 bits per heavy atom. The molecule has 1 aromatic heterocycles. The van der Waals surface area contributed by atoms with Gasteiger partial charge in [0.2, 0.25) is 5.91 Å². The van der Waals surface area contributed by atoms with Gasteiger partial charge in [-0.3, -0.25) is 4.79 Å². The van der Waals surface area contributed by atoms with E-state index >= 15 is 0 Å². The van der Waals surface area contributed by atoms with Gasteiger partial charge in [0, 0.05) is 31.2 Å². The van der Waals surface area contributed by atoms with Crippen LogP contribution in [0.1, 0.15) is 43.4 Å². The molecule has 140 valence electrons. The largest absolute Gasteiger partial charge is 0.385 e. The van der Waals surface area contributed by atoms with Gasteiger partial charge in [0.05, 0.1) is 13.1 Å². The number of nitrogens with one attached hydrogen (secondary N) is 2. The van der Waals surface area contributed by atoms with Crippen LogP contribution in [0.25, 0.3) is 0 Å². The van der Waals surface area contributed by atoms with Crippen molar-refractivity contribution in [3.8, 4) is 0 Å². The third-order valence-electron chi connectivity index (χ3n) is 4.43. The summed E-state index contributed by atoms with van der Waals surface area (Å²) in [5.74, 6) is -0.0295. The zero-order chi connectivity index (χ0) is 17.9. The highest BCUT2D eigenvalue weighted by atomic mass is 32.1. The molecule has 25 heavy (non-hydrogen) atoms. The van der Waals surface area contributed by atoms with Crippen LogP contribution in [-0.2, 0) is 16.1 Å². The highest BCUT2D eigenvalue weighted by Gasteiger charge is 2.24. The second kappa shape index (κ2) is 11.4. The maximum atomic E-state index is 11.9. The molecular formula is C18H29N3O2S2. The van der Waals surface area contributed by atoms with Crippen molar-refractivity contribution in [3.63, 3.8) is 0 Å². The lowest BCUT2D eigenvalue weighted by Crippen LogP contribution is -2.48. The summed E-state index contributed by atoms with van der Waals surface area (Å²) in [6.07, 6.45) is 7.00. The van der Waals surface area contributed by atoms with Gasteiger partial charge in [-0.2, -0.15) is 0 Å². The first kappa shape index (κ1) is 20.1. The summed E-state index contributed by atoms with van der Waals surface area (Å²) in [4.78, 5) is 15.5. The monoisotopic (exact) mass is 383 g/mol. The number of ether oxygens (including phenoxy) is 1. The van der Waals surface area contributed by atoms with E-state index in [0.717, 1.165) is 13.0 Å². The average Bonchev–Trinajstić information content (AvgIpc) is 3.15. The highest BCUT2D eigenvalue weighted by molar-refractivity contribution is 7.80. The van der Waals surface area contributed by atoms with Crippen molar-refractivity contribution < 1.29 is 9.53 Å². The molecule has 1 heterocycles. The van der Waals surface area contributed by atoms with Gasteiger partial charge in [-0.25, -0.2) is 0 Å². The second-order valence-corrected chi connectivity index (χ2v) is 7.77. The van der Waals surface area contributed by atoms with Crippen LogP contribution in [0.15, 0.2) is 17.5 Å². The molecule has 0 aliphatic heterocycles. The van der Waals surface area contributed by atoms with Crippen LogP contribution in [0.4, 0.5) is 0 Å². The van der Waals surface area contributed by atoms with Crippen LogP contribution in [0.3, 0.4) is 0 Å². The predicted octanol–water partition coefficient (Wildman–Crippen LogP) is 2.91. The fourth-order valence-electron chi connectivity index (χ4n) is 3.09. The molecule has 1 amide bonds. The number of carbonyl (C=O) groups excluding carboxylic acids is 1. The van der Waals surface area contributed by atoms with Crippen molar-refractivity contribution in [1.82, 2.24) is 15.5 Å². The molecule has 1 fully saturated rings. The molecule has 7 heteroatoms. The Balaban J connectivity index is 1.83. The van der Waals surface area contributed by atoms with Crippen molar-refractivity contribution in [1.29, 1.82) is 0 Å². The van der Waals surface area contributed by atoms with Crippen molar-refractivity contribution >= 4 is 34.6 Å². The number of rotatable bonds is 9. The molecule has 1 aromatic rings. The smallest absolute Gasteiger partial charge is 0.239 e. The lowest BCUT2D eigenvalue weighted by Gasteiger charge is -2.36. The average molecular weight is 384 g/mol. The summed E-state index contributed by atoms with van der Waals surface area (Å²) >= 11 is 7.37. The maximum absolute atomic E-state index is 11.9. The Hall–Kier alpha value is -1.18. The Bertz CT molecular complexity index is 516. The molecule has 2 N–H and O–H groups in total. The van der Waals surface area contributed by atoms with Gasteiger partial charge in [-0.1, -0.05) is 25.3 Å². The minimum atomic E-state index is -0.0295. The molecule has 0 unspecified atom stereocenters. The second-order valence-electron chi connectivity index (χ2n) is 6.35. The van der Waals surface area contributed by atoms with E-state index in [1.165, 1.54) is 37.0 Å². The molecule has 1 aliphatic carbocycles.